The van der Waals surface area contributed by atoms with Gasteiger partial charge in [0.2, 0.25) is 0 Å². The summed E-state index contributed by atoms with van der Waals surface area (Å²) in [6.07, 6.45) is -0.299. The number of nitrogens with one attached hydrogen (secondary N) is 2. The molecule has 0 aromatic heterocycles. The summed E-state index contributed by atoms with van der Waals surface area (Å²) in [4.78, 5) is 37.7. The van der Waals surface area contributed by atoms with Gasteiger partial charge in [-0.05, 0) is 51.6 Å². The Bertz CT molecular complexity index is 2020. The number of hydrogen-bond donors (Lipinski definition) is 4. The first-order chi connectivity index (χ1) is 26.3. The molecule has 0 bridgehead atoms. The maximum absolute atomic E-state index is 12.8. The second kappa shape index (κ2) is 18.5. The molecule has 0 unspecified atom stereocenters. The lowest BCUT2D eigenvalue weighted by Gasteiger charge is -2.36. The van der Waals surface area contributed by atoms with Crippen molar-refractivity contribution in [2.24, 2.45) is 0 Å². The molecule has 278 valence electrons. The van der Waals surface area contributed by atoms with Gasteiger partial charge < -0.3 is 35.1 Å². The van der Waals surface area contributed by atoms with Gasteiger partial charge in [-0.1, -0.05) is 109 Å². The number of carbonyl (C=O) groups excluding carboxylic acids is 2. The Morgan fingerprint density at radius 3 is 2.22 bits per heavy atom. The molecule has 1 aliphatic heterocycles. The van der Waals surface area contributed by atoms with Gasteiger partial charge >= 0.3 is 18.0 Å². The Morgan fingerprint density at radius 2 is 1.50 bits per heavy atom. The van der Waals surface area contributed by atoms with E-state index in [2.05, 4.69) is 10.6 Å². The van der Waals surface area contributed by atoms with E-state index in [0.29, 0.717) is 23.5 Å². The number of aliphatic hydroxyl groups is 1. The van der Waals surface area contributed by atoms with Gasteiger partial charge in [0.25, 0.3) is 0 Å². The number of aliphatic hydroxyl groups excluding tert-OH is 1. The highest BCUT2D eigenvalue weighted by atomic mass is 32.2. The molecule has 4 N–H and O–H groups in total. The van der Waals surface area contributed by atoms with Crippen LogP contribution in [0.15, 0.2) is 132 Å². The van der Waals surface area contributed by atoms with Gasteiger partial charge in [-0.25, -0.2) is 14.4 Å². The summed E-state index contributed by atoms with van der Waals surface area (Å²) in [5, 5.41) is 24.8. The normalized spacial score (nSPS) is 17.3. The molecule has 4 atom stereocenters. The fraction of sp³-hybridized carbons (Fsp3) is 0.233. The van der Waals surface area contributed by atoms with Crippen LogP contribution >= 0.6 is 11.8 Å². The smallest absolute Gasteiger partial charge is 0.336 e. The van der Waals surface area contributed by atoms with Crippen molar-refractivity contribution in [3.8, 4) is 11.1 Å². The summed E-state index contributed by atoms with van der Waals surface area (Å²) in [6, 6.07) is 38.5. The molecule has 2 amide bonds. The van der Waals surface area contributed by atoms with E-state index in [1.54, 1.807) is 12.1 Å². The summed E-state index contributed by atoms with van der Waals surface area (Å²) < 4.78 is 17.9. The Labute approximate surface area is 318 Å². The first-order valence-corrected chi connectivity index (χ1v) is 18.6. The number of carboxylic acid groups (broad SMARTS) is 1. The highest BCUT2D eigenvalue weighted by Crippen LogP contribution is 2.40. The minimum atomic E-state index is -0.971. The lowest BCUT2D eigenvalue weighted by atomic mass is 9.99. The van der Waals surface area contributed by atoms with E-state index in [1.165, 1.54) is 18.9 Å². The molecule has 5 aromatic carbocycles. The third-order valence-electron chi connectivity index (χ3n) is 9.13. The zero-order valence-corrected chi connectivity index (χ0v) is 30.5. The van der Waals surface area contributed by atoms with Gasteiger partial charge in [0.1, 0.15) is 6.04 Å². The number of amides is 2. The van der Waals surface area contributed by atoms with E-state index in [-0.39, 0.29) is 30.9 Å². The van der Waals surface area contributed by atoms with E-state index in [1.807, 2.05) is 115 Å². The molecule has 0 spiro atoms. The molecule has 10 nitrogen and oxygen atoms in total. The predicted molar refractivity (Wildman–Crippen MR) is 206 cm³/mol. The number of urea groups is 1. The van der Waals surface area contributed by atoms with Crippen molar-refractivity contribution in [2.45, 2.75) is 55.4 Å². The summed E-state index contributed by atoms with van der Waals surface area (Å²) in [5.74, 6) is -0.962. The molecule has 1 saturated heterocycles. The molecule has 0 saturated carbocycles. The third-order valence-corrected chi connectivity index (χ3v) is 10.3. The van der Waals surface area contributed by atoms with Gasteiger partial charge in [0, 0.05) is 35.6 Å². The standard InChI is InChI=1S/C43H42N2O8S/c1-51-41(49)37(23-28-8-3-2-4-9-28)45-43(50)44-25-30-10-7-11-34(22-30)31-18-20-33(21-19-31)42-52-35(27-54-39-13-6-5-12-36(39)40(47)48)24-38(53-42)32-16-14-29(26-46)15-17-32/h2-22,35,37-38,42,46H,23-27H2,1H3,(H,47,48)(H2,44,45,50)/t35-,37+,38+,42+/m1/s1. The molecular weight excluding hydrogens is 705 g/mol. The fourth-order valence-corrected chi connectivity index (χ4v) is 7.31. The van der Waals surface area contributed by atoms with Gasteiger partial charge in [0.05, 0.1) is 31.5 Å². The molecule has 54 heavy (non-hydrogen) atoms. The Morgan fingerprint density at radius 1 is 0.796 bits per heavy atom. The zero-order chi connectivity index (χ0) is 37.9. The number of carbonyl (C=O) groups is 3. The largest absolute Gasteiger partial charge is 0.478 e. The summed E-state index contributed by atoms with van der Waals surface area (Å²) in [5.41, 5.74) is 6.56. The van der Waals surface area contributed by atoms with Crippen molar-refractivity contribution in [3.05, 3.63) is 161 Å². The zero-order valence-electron chi connectivity index (χ0n) is 29.7. The number of methoxy groups -OCH3 is 1. The quantitative estimate of drug-likeness (QED) is 0.0673. The number of ether oxygens (including phenoxy) is 3. The van der Waals surface area contributed by atoms with Crippen LogP contribution in [0.25, 0.3) is 11.1 Å². The molecule has 5 aromatic rings. The van der Waals surface area contributed by atoms with Crippen LogP contribution in [0.3, 0.4) is 0 Å². The highest BCUT2D eigenvalue weighted by molar-refractivity contribution is 7.99. The van der Waals surface area contributed by atoms with Crippen molar-refractivity contribution in [1.82, 2.24) is 10.6 Å². The third kappa shape index (κ3) is 10.1. The summed E-state index contributed by atoms with van der Waals surface area (Å²) >= 11 is 1.45. The Hall–Kier alpha value is -5.46. The first-order valence-electron chi connectivity index (χ1n) is 17.6. The molecule has 1 heterocycles. The van der Waals surface area contributed by atoms with Crippen LogP contribution in [0.1, 0.15) is 57.0 Å². The average molecular weight is 747 g/mol. The topological polar surface area (TPSA) is 143 Å². The fourth-order valence-electron chi connectivity index (χ4n) is 6.25. The van der Waals surface area contributed by atoms with E-state index < -0.39 is 30.3 Å². The average Bonchev–Trinajstić information content (AvgIpc) is 3.22. The highest BCUT2D eigenvalue weighted by Gasteiger charge is 2.32. The van der Waals surface area contributed by atoms with Crippen molar-refractivity contribution in [3.63, 3.8) is 0 Å². The van der Waals surface area contributed by atoms with Gasteiger partial charge in [-0.15, -0.1) is 11.8 Å². The second-order valence-corrected chi connectivity index (χ2v) is 13.9. The van der Waals surface area contributed by atoms with Crippen LogP contribution in [0.5, 0.6) is 0 Å². The number of thioether (sulfide) groups is 1. The van der Waals surface area contributed by atoms with E-state index in [0.717, 1.165) is 38.9 Å². The molecule has 0 radical (unpaired) electrons. The van der Waals surface area contributed by atoms with Crippen LogP contribution in [-0.4, -0.2) is 53.2 Å². The SMILES string of the molecule is COC(=O)[C@H](Cc1ccccc1)NC(=O)NCc1cccc(-c2ccc([C@H]3O[C@@H](CSc4ccccc4C(=O)O)C[C@@H](c4ccc(CO)cc4)O3)cc2)c1. The number of hydrogen-bond acceptors (Lipinski definition) is 8. The molecule has 6 rings (SSSR count). The molecule has 1 aliphatic rings. The first kappa shape index (κ1) is 38.3. The van der Waals surface area contributed by atoms with Crippen LogP contribution in [-0.2, 0) is 38.6 Å². The number of esters is 1. The van der Waals surface area contributed by atoms with Gasteiger partial charge in [0.15, 0.2) is 6.29 Å². The summed E-state index contributed by atoms with van der Waals surface area (Å²) in [7, 11) is 1.30. The van der Waals surface area contributed by atoms with Crippen molar-refractivity contribution in [1.29, 1.82) is 0 Å². The Kier molecular flexibility index (Phi) is 13.1. The minimum Gasteiger partial charge on any atom is -0.478 e. The summed E-state index contributed by atoms with van der Waals surface area (Å²) in [6.45, 7) is 0.200. The van der Waals surface area contributed by atoms with E-state index >= 15 is 0 Å². The number of aromatic carboxylic acids is 1. The molecule has 11 heteroatoms. The second-order valence-electron chi connectivity index (χ2n) is 12.9. The number of carboxylic acids is 1. The van der Waals surface area contributed by atoms with Crippen LogP contribution in [0.4, 0.5) is 4.79 Å². The van der Waals surface area contributed by atoms with Crippen LogP contribution in [0.2, 0.25) is 0 Å². The van der Waals surface area contributed by atoms with Crippen molar-refractivity contribution >= 4 is 29.7 Å². The maximum atomic E-state index is 12.8. The van der Waals surface area contributed by atoms with Gasteiger partial charge in [-0.2, -0.15) is 0 Å². The monoisotopic (exact) mass is 746 g/mol. The van der Waals surface area contributed by atoms with E-state index in [4.69, 9.17) is 14.2 Å². The van der Waals surface area contributed by atoms with Gasteiger partial charge in [-0.3, -0.25) is 0 Å². The Balaban J connectivity index is 1.12. The predicted octanol–water partition coefficient (Wildman–Crippen LogP) is 7.47. The van der Waals surface area contributed by atoms with Crippen LogP contribution in [0, 0.1) is 0 Å². The maximum Gasteiger partial charge on any atom is 0.336 e. The van der Waals surface area contributed by atoms with Crippen LogP contribution < -0.4 is 10.6 Å². The molecule has 0 aliphatic carbocycles. The van der Waals surface area contributed by atoms with E-state index in [9.17, 15) is 24.6 Å². The minimum absolute atomic E-state index is 0.0481. The lowest BCUT2D eigenvalue weighted by Crippen LogP contribution is -2.47. The lowest BCUT2D eigenvalue weighted by molar-refractivity contribution is -0.245. The molecule has 1 fully saturated rings. The number of benzene rings is 5. The van der Waals surface area contributed by atoms with Crippen molar-refractivity contribution < 1.29 is 38.8 Å². The van der Waals surface area contributed by atoms with Crippen molar-refractivity contribution in [2.75, 3.05) is 12.9 Å². The number of rotatable bonds is 14. The molecular formula is C43H42N2O8S.